The number of ether oxygens (including phenoxy) is 1. The van der Waals surface area contributed by atoms with Gasteiger partial charge >= 0.3 is 0 Å². The van der Waals surface area contributed by atoms with E-state index in [1.807, 2.05) is 47.4 Å². The van der Waals surface area contributed by atoms with Crippen LogP contribution in [0.3, 0.4) is 0 Å². The Hall–Kier alpha value is -3.88. The fraction of sp³-hybridized carbons (Fsp3) is 0.238. The second-order valence-corrected chi connectivity index (χ2v) is 7.11. The Bertz CT molecular complexity index is 1170. The Morgan fingerprint density at radius 2 is 1.87 bits per heavy atom. The van der Waals surface area contributed by atoms with Crippen LogP contribution >= 0.6 is 0 Å². The minimum atomic E-state index is -0.00567. The highest BCUT2D eigenvalue weighted by atomic mass is 16.5. The van der Waals surface area contributed by atoms with E-state index in [0.717, 1.165) is 29.6 Å². The Kier molecular flexibility index (Phi) is 4.76. The minimum Gasteiger partial charge on any atom is -0.473 e. The zero-order valence-corrected chi connectivity index (χ0v) is 16.1. The summed E-state index contributed by atoms with van der Waals surface area (Å²) in [5.74, 6) is 0.515. The van der Waals surface area contributed by atoms with Crippen molar-refractivity contribution in [3.8, 4) is 11.6 Å². The molecule has 9 heteroatoms. The van der Waals surface area contributed by atoms with Gasteiger partial charge in [-0.05, 0) is 40.8 Å². The van der Waals surface area contributed by atoms with Crippen molar-refractivity contribution in [1.82, 2.24) is 35.1 Å². The van der Waals surface area contributed by atoms with Gasteiger partial charge in [0.15, 0.2) is 0 Å². The summed E-state index contributed by atoms with van der Waals surface area (Å²) in [6.07, 6.45) is 4.66. The largest absolute Gasteiger partial charge is 0.473 e. The number of aromatic nitrogens is 6. The molecule has 2 aromatic heterocycles. The van der Waals surface area contributed by atoms with Crippen LogP contribution in [-0.4, -0.2) is 60.2 Å². The van der Waals surface area contributed by atoms with Crippen LogP contribution in [0.1, 0.15) is 23.2 Å². The number of piperidine rings is 1. The average Bonchev–Trinajstić information content (AvgIpc) is 3.34. The molecule has 0 N–H and O–H groups in total. The Balaban J connectivity index is 1.22. The Labute approximate surface area is 172 Å². The number of rotatable bonds is 4. The van der Waals surface area contributed by atoms with Gasteiger partial charge in [-0.25, -0.2) is 14.6 Å². The van der Waals surface area contributed by atoms with Gasteiger partial charge in [0.2, 0.25) is 5.88 Å². The smallest absolute Gasteiger partial charge is 0.253 e. The molecule has 2 aromatic carbocycles. The summed E-state index contributed by atoms with van der Waals surface area (Å²) in [5, 5.41) is 11.1. The maximum absolute atomic E-state index is 12.9. The number of hydrogen-bond acceptors (Lipinski definition) is 7. The van der Waals surface area contributed by atoms with E-state index in [9.17, 15) is 4.79 Å². The van der Waals surface area contributed by atoms with Gasteiger partial charge in [-0.1, -0.05) is 18.2 Å². The number of carbonyl (C=O) groups excluding carboxylic acids is 1. The lowest BCUT2D eigenvalue weighted by molar-refractivity contribution is 0.0588. The lowest BCUT2D eigenvalue weighted by Crippen LogP contribution is -2.41. The van der Waals surface area contributed by atoms with Crippen molar-refractivity contribution in [2.45, 2.75) is 18.9 Å². The van der Waals surface area contributed by atoms with Gasteiger partial charge < -0.3 is 9.64 Å². The molecule has 150 valence electrons. The van der Waals surface area contributed by atoms with Gasteiger partial charge in [0.05, 0.1) is 22.9 Å². The normalized spacial score (nSPS) is 14.7. The molecule has 0 saturated carbocycles. The van der Waals surface area contributed by atoms with Crippen LogP contribution in [0.15, 0.2) is 61.1 Å². The van der Waals surface area contributed by atoms with Gasteiger partial charge in [-0.15, -0.1) is 5.10 Å². The zero-order valence-electron chi connectivity index (χ0n) is 16.1. The first-order valence-electron chi connectivity index (χ1n) is 9.77. The Morgan fingerprint density at radius 3 is 2.67 bits per heavy atom. The molecule has 1 aliphatic rings. The van der Waals surface area contributed by atoms with Gasteiger partial charge in [-0.3, -0.25) is 4.79 Å². The summed E-state index contributed by atoms with van der Waals surface area (Å²) in [6.45, 7) is 1.25. The van der Waals surface area contributed by atoms with Crippen molar-refractivity contribution in [2.75, 3.05) is 13.1 Å². The lowest BCUT2D eigenvalue weighted by atomic mass is 10.1. The van der Waals surface area contributed by atoms with E-state index < -0.39 is 0 Å². The van der Waals surface area contributed by atoms with Crippen LogP contribution in [0, 0.1) is 0 Å². The summed E-state index contributed by atoms with van der Waals surface area (Å²) in [6, 6.07) is 15.0. The maximum Gasteiger partial charge on any atom is 0.253 e. The second kappa shape index (κ2) is 7.86. The van der Waals surface area contributed by atoms with Crippen molar-refractivity contribution < 1.29 is 9.53 Å². The van der Waals surface area contributed by atoms with Crippen LogP contribution in [0.4, 0.5) is 0 Å². The number of para-hydroxylation sites is 2. The molecule has 5 rings (SSSR count). The number of nitrogens with zero attached hydrogens (tertiary/aromatic N) is 7. The van der Waals surface area contributed by atoms with Crippen molar-refractivity contribution >= 4 is 16.9 Å². The number of carbonyl (C=O) groups is 1. The molecule has 3 heterocycles. The molecular weight excluding hydrogens is 382 g/mol. The number of likely N-dealkylation sites (tertiary alicyclic amines) is 1. The molecule has 30 heavy (non-hydrogen) atoms. The fourth-order valence-corrected chi connectivity index (χ4v) is 3.59. The summed E-state index contributed by atoms with van der Waals surface area (Å²) in [5.41, 5.74) is 3.01. The quantitative estimate of drug-likeness (QED) is 0.517. The van der Waals surface area contributed by atoms with Crippen molar-refractivity contribution in [3.05, 3.63) is 66.6 Å². The minimum absolute atomic E-state index is 0.00567. The molecule has 1 amide bonds. The molecule has 0 spiro atoms. The van der Waals surface area contributed by atoms with Gasteiger partial charge in [0.25, 0.3) is 5.91 Å². The van der Waals surface area contributed by atoms with Crippen molar-refractivity contribution in [2.24, 2.45) is 0 Å². The molecule has 0 radical (unpaired) electrons. The summed E-state index contributed by atoms with van der Waals surface area (Å²) >= 11 is 0. The molecule has 1 saturated heterocycles. The predicted molar refractivity (Wildman–Crippen MR) is 108 cm³/mol. The highest BCUT2D eigenvalue weighted by Gasteiger charge is 2.25. The maximum atomic E-state index is 12.9. The number of fused-ring (bicyclic) bond motifs is 1. The molecule has 0 unspecified atom stereocenters. The molecule has 0 aliphatic carbocycles. The summed E-state index contributed by atoms with van der Waals surface area (Å²) in [4.78, 5) is 23.7. The van der Waals surface area contributed by atoms with Crippen molar-refractivity contribution in [3.63, 3.8) is 0 Å². The molecule has 0 bridgehead atoms. The van der Waals surface area contributed by atoms with Crippen molar-refractivity contribution in [1.29, 1.82) is 0 Å². The third-order valence-electron chi connectivity index (χ3n) is 5.15. The zero-order chi connectivity index (χ0) is 20.3. The van der Waals surface area contributed by atoms with Crippen LogP contribution < -0.4 is 4.74 Å². The SMILES string of the molecule is O=C(c1cccc(-n2cnnn2)c1)N1CCC(Oc2cnc3ccccc3n2)CC1. The number of tetrazole rings is 1. The first-order valence-corrected chi connectivity index (χ1v) is 9.77. The predicted octanol–water partition coefficient (Wildman–Crippen LogP) is 2.29. The standard InChI is InChI=1S/C21H19N7O2/c29-21(15-4-3-5-16(12-15)28-14-23-25-26-28)27-10-8-17(9-11-27)30-20-13-22-18-6-1-2-7-19(18)24-20/h1-7,12-14,17H,8-11H2. The fourth-order valence-electron chi connectivity index (χ4n) is 3.59. The number of benzene rings is 2. The topological polar surface area (TPSA) is 98.9 Å². The molecule has 1 aliphatic heterocycles. The van der Waals surface area contributed by atoms with Crippen LogP contribution in [-0.2, 0) is 0 Å². The summed E-state index contributed by atoms with van der Waals surface area (Å²) in [7, 11) is 0. The van der Waals surface area contributed by atoms with Gasteiger partial charge in [0.1, 0.15) is 12.4 Å². The van der Waals surface area contributed by atoms with E-state index in [1.165, 1.54) is 11.0 Å². The van der Waals surface area contributed by atoms with E-state index in [4.69, 9.17) is 4.74 Å². The van der Waals surface area contributed by atoms with Gasteiger partial charge in [-0.2, -0.15) is 0 Å². The summed E-state index contributed by atoms with van der Waals surface area (Å²) < 4.78 is 7.56. The molecule has 4 aromatic rings. The van der Waals surface area contributed by atoms with Crippen LogP contribution in [0.5, 0.6) is 5.88 Å². The van der Waals surface area contributed by atoms with Gasteiger partial charge in [0, 0.05) is 31.5 Å². The molecule has 9 nitrogen and oxygen atoms in total. The highest BCUT2D eigenvalue weighted by Crippen LogP contribution is 2.21. The first kappa shape index (κ1) is 18.2. The first-order chi connectivity index (χ1) is 14.8. The van der Waals surface area contributed by atoms with Crippen LogP contribution in [0.2, 0.25) is 0 Å². The third kappa shape index (κ3) is 3.69. The average molecular weight is 401 g/mol. The molecule has 0 atom stereocenters. The molecular formula is C21H19N7O2. The monoisotopic (exact) mass is 401 g/mol. The van der Waals surface area contributed by atoms with E-state index >= 15 is 0 Å². The highest BCUT2D eigenvalue weighted by molar-refractivity contribution is 5.94. The third-order valence-corrected chi connectivity index (χ3v) is 5.15. The molecule has 1 fully saturated rings. The van der Waals surface area contributed by atoms with E-state index in [-0.39, 0.29) is 12.0 Å². The lowest BCUT2D eigenvalue weighted by Gasteiger charge is -2.32. The van der Waals surface area contributed by atoms with Crippen LogP contribution in [0.25, 0.3) is 16.7 Å². The Morgan fingerprint density at radius 1 is 1.03 bits per heavy atom. The number of amides is 1. The number of hydrogen-bond donors (Lipinski definition) is 0. The van der Waals surface area contributed by atoms with E-state index in [2.05, 4.69) is 25.5 Å². The van der Waals surface area contributed by atoms with E-state index in [1.54, 1.807) is 12.3 Å². The van der Waals surface area contributed by atoms with E-state index in [0.29, 0.717) is 24.5 Å². The second-order valence-electron chi connectivity index (χ2n) is 7.11.